The second-order valence-electron chi connectivity index (χ2n) is 8.24. The van der Waals surface area contributed by atoms with E-state index < -0.39 is 59.7 Å². The van der Waals surface area contributed by atoms with Crippen molar-refractivity contribution in [2.45, 2.75) is 19.0 Å². The molecule has 1 fully saturated rings. The quantitative estimate of drug-likeness (QED) is 0.189. The van der Waals surface area contributed by atoms with Crippen LogP contribution in [0.2, 0.25) is 0 Å². The van der Waals surface area contributed by atoms with Crippen LogP contribution in [-0.4, -0.2) is 42.1 Å². The van der Waals surface area contributed by atoms with Gasteiger partial charge in [-0.15, -0.1) is 0 Å². The molecular weight excluding hydrogens is 526 g/mol. The molecule has 0 bridgehead atoms. The molecule has 0 radical (unpaired) electrons. The summed E-state index contributed by atoms with van der Waals surface area (Å²) in [5.74, 6) is -7.28. The molecule has 1 N–H and O–H groups in total. The van der Waals surface area contributed by atoms with Gasteiger partial charge in [-0.3, -0.25) is 14.5 Å². The zero-order valence-corrected chi connectivity index (χ0v) is 21.0. The first-order valence-corrected chi connectivity index (χ1v) is 11.6. The maximum Gasteiger partial charge on any atom is 0.256 e. The summed E-state index contributed by atoms with van der Waals surface area (Å²) in [6.45, 7) is -0.600. The van der Waals surface area contributed by atoms with E-state index in [1.165, 1.54) is 19.1 Å². The Labute approximate surface area is 220 Å². The third-order valence-corrected chi connectivity index (χ3v) is 6.34. The van der Waals surface area contributed by atoms with Crippen LogP contribution in [0.5, 0.6) is 11.5 Å². The number of amides is 2. The number of anilines is 2. The van der Waals surface area contributed by atoms with E-state index in [2.05, 4.69) is 5.32 Å². The lowest BCUT2D eigenvalue weighted by Gasteiger charge is -2.24. The Balaban J connectivity index is 1.65. The van der Waals surface area contributed by atoms with Crippen molar-refractivity contribution in [3.63, 3.8) is 0 Å². The number of nitrogens with zero attached hydrogens (tertiary/aromatic N) is 2. The molecule has 0 saturated carbocycles. The van der Waals surface area contributed by atoms with Crippen molar-refractivity contribution in [2.75, 3.05) is 24.4 Å². The van der Waals surface area contributed by atoms with Crippen LogP contribution >= 0.6 is 12.2 Å². The predicted molar refractivity (Wildman–Crippen MR) is 135 cm³/mol. The van der Waals surface area contributed by atoms with Gasteiger partial charge in [0.25, 0.3) is 5.91 Å². The fourth-order valence-electron chi connectivity index (χ4n) is 3.97. The lowest BCUT2D eigenvalue weighted by molar-refractivity contribution is -0.124. The average Bonchev–Trinajstić information content (AvgIpc) is 3.14. The van der Waals surface area contributed by atoms with Gasteiger partial charge in [-0.1, -0.05) is 0 Å². The Morgan fingerprint density at radius 3 is 2.08 bits per heavy atom. The van der Waals surface area contributed by atoms with Gasteiger partial charge >= 0.3 is 0 Å². The standard InChI is InChI=1S/C26H21F4N3O4S/c1-36-17-7-3-15(4-8-17)31-21(34)12-20-25(35)33(16-5-9-18(37-2)10-6-16)26(38)32(20)13-14-11-19(27)23(29)24(30)22(14)28/h3-11,20H,12-13H2,1-2H3,(H,31,34)/t20-/m0/s1. The number of carbonyl (C=O) groups excluding carboxylic acids is 2. The molecule has 1 atom stereocenters. The molecule has 0 aromatic heterocycles. The minimum atomic E-state index is -1.99. The first kappa shape index (κ1) is 26.9. The number of ether oxygens (including phenoxy) is 2. The van der Waals surface area contributed by atoms with Gasteiger partial charge in [-0.2, -0.15) is 0 Å². The van der Waals surface area contributed by atoms with Crippen molar-refractivity contribution in [3.8, 4) is 11.5 Å². The van der Waals surface area contributed by atoms with E-state index in [1.807, 2.05) is 0 Å². The second-order valence-corrected chi connectivity index (χ2v) is 8.60. The molecule has 38 heavy (non-hydrogen) atoms. The Morgan fingerprint density at radius 2 is 1.50 bits per heavy atom. The van der Waals surface area contributed by atoms with Crippen LogP contribution in [0, 0.1) is 23.3 Å². The van der Waals surface area contributed by atoms with E-state index in [0.29, 0.717) is 28.9 Å². The summed E-state index contributed by atoms with van der Waals surface area (Å²) < 4.78 is 66.0. The van der Waals surface area contributed by atoms with E-state index >= 15 is 0 Å². The highest BCUT2D eigenvalue weighted by atomic mass is 32.1. The summed E-state index contributed by atoms with van der Waals surface area (Å²) in [5, 5.41) is 2.52. The van der Waals surface area contributed by atoms with Crippen LogP contribution in [0.3, 0.4) is 0 Å². The van der Waals surface area contributed by atoms with Gasteiger partial charge < -0.3 is 19.7 Å². The molecule has 4 rings (SSSR count). The van der Waals surface area contributed by atoms with E-state index in [4.69, 9.17) is 21.7 Å². The largest absolute Gasteiger partial charge is 0.497 e. The number of hydrogen-bond acceptors (Lipinski definition) is 5. The van der Waals surface area contributed by atoms with Crippen LogP contribution in [0.4, 0.5) is 28.9 Å². The van der Waals surface area contributed by atoms with Gasteiger partial charge in [0.1, 0.15) is 17.5 Å². The third-order valence-electron chi connectivity index (χ3n) is 5.92. The van der Waals surface area contributed by atoms with E-state index in [9.17, 15) is 27.2 Å². The maximum atomic E-state index is 14.5. The van der Waals surface area contributed by atoms with Crippen LogP contribution in [0.1, 0.15) is 12.0 Å². The second kappa shape index (κ2) is 11.1. The molecule has 1 aliphatic rings. The van der Waals surface area contributed by atoms with Crippen molar-refractivity contribution in [1.29, 1.82) is 0 Å². The number of thiocarbonyl (C=S) groups is 1. The number of methoxy groups -OCH3 is 2. The molecule has 1 heterocycles. The monoisotopic (exact) mass is 547 g/mol. The van der Waals surface area contributed by atoms with Crippen molar-refractivity contribution >= 4 is 40.5 Å². The third kappa shape index (κ3) is 5.25. The summed E-state index contributed by atoms with van der Waals surface area (Å²) in [6.07, 6.45) is -0.425. The molecule has 198 valence electrons. The maximum absolute atomic E-state index is 14.5. The van der Waals surface area contributed by atoms with Gasteiger partial charge in [-0.05, 0) is 66.8 Å². The minimum absolute atomic E-state index is 0.132. The molecule has 2 amide bonds. The van der Waals surface area contributed by atoms with Crippen LogP contribution in [-0.2, 0) is 16.1 Å². The fourth-order valence-corrected chi connectivity index (χ4v) is 4.35. The van der Waals surface area contributed by atoms with Crippen LogP contribution in [0.25, 0.3) is 0 Å². The Bertz CT molecular complexity index is 1390. The summed E-state index contributed by atoms with van der Waals surface area (Å²) >= 11 is 5.47. The molecule has 1 saturated heterocycles. The summed E-state index contributed by atoms with van der Waals surface area (Å²) in [5.41, 5.74) is 0.186. The van der Waals surface area contributed by atoms with Gasteiger partial charge in [0.2, 0.25) is 5.91 Å². The van der Waals surface area contributed by atoms with Crippen molar-refractivity contribution in [3.05, 3.63) is 83.4 Å². The molecule has 3 aromatic rings. The van der Waals surface area contributed by atoms with E-state index in [0.717, 1.165) is 4.90 Å². The molecule has 1 aliphatic heterocycles. The molecule has 0 unspecified atom stereocenters. The zero-order valence-electron chi connectivity index (χ0n) is 20.1. The minimum Gasteiger partial charge on any atom is -0.497 e. The molecule has 0 aliphatic carbocycles. The molecule has 0 spiro atoms. The number of rotatable bonds is 8. The van der Waals surface area contributed by atoms with E-state index in [-0.39, 0.29) is 5.11 Å². The number of carbonyl (C=O) groups is 2. The highest BCUT2D eigenvalue weighted by Crippen LogP contribution is 2.31. The molecule has 7 nitrogen and oxygen atoms in total. The Hall–Kier alpha value is -4.19. The summed E-state index contributed by atoms with van der Waals surface area (Å²) in [4.78, 5) is 28.7. The number of nitrogens with one attached hydrogen (secondary N) is 1. The van der Waals surface area contributed by atoms with Gasteiger partial charge in [0.15, 0.2) is 28.4 Å². The predicted octanol–water partition coefficient (Wildman–Crippen LogP) is 4.79. The lowest BCUT2D eigenvalue weighted by Crippen LogP contribution is -2.37. The molecular formula is C26H21F4N3O4S. The SMILES string of the molecule is COc1ccc(NC(=O)C[C@H]2C(=O)N(c3ccc(OC)cc3)C(=S)N2Cc2cc(F)c(F)c(F)c2F)cc1. The highest BCUT2D eigenvalue weighted by Gasteiger charge is 2.44. The first-order chi connectivity index (χ1) is 18.1. The summed E-state index contributed by atoms with van der Waals surface area (Å²) in [6, 6.07) is 12.0. The number of benzene rings is 3. The Kier molecular flexibility index (Phi) is 7.81. The average molecular weight is 548 g/mol. The smallest absolute Gasteiger partial charge is 0.256 e. The zero-order chi connectivity index (χ0) is 27.6. The Morgan fingerprint density at radius 1 is 0.921 bits per heavy atom. The summed E-state index contributed by atoms with van der Waals surface area (Å²) in [7, 11) is 2.96. The normalized spacial score (nSPS) is 15.2. The molecule has 3 aromatic carbocycles. The van der Waals surface area contributed by atoms with Crippen molar-refractivity contribution in [2.24, 2.45) is 0 Å². The lowest BCUT2D eigenvalue weighted by atomic mass is 10.1. The fraction of sp³-hybridized carbons (Fsp3) is 0.192. The number of hydrogen-bond donors (Lipinski definition) is 1. The van der Waals surface area contributed by atoms with Crippen LogP contribution in [0.15, 0.2) is 54.6 Å². The van der Waals surface area contributed by atoms with Crippen molar-refractivity contribution < 1.29 is 36.6 Å². The van der Waals surface area contributed by atoms with Gasteiger partial charge in [0, 0.05) is 17.8 Å². The van der Waals surface area contributed by atoms with Gasteiger partial charge in [0.05, 0.1) is 26.3 Å². The number of halogens is 4. The van der Waals surface area contributed by atoms with Crippen molar-refractivity contribution in [1.82, 2.24) is 4.90 Å². The van der Waals surface area contributed by atoms with E-state index in [1.54, 1.807) is 48.5 Å². The highest BCUT2D eigenvalue weighted by molar-refractivity contribution is 7.80. The first-order valence-electron chi connectivity index (χ1n) is 11.2. The molecule has 12 heteroatoms. The topological polar surface area (TPSA) is 71.1 Å². The van der Waals surface area contributed by atoms with Crippen LogP contribution < -0.4 is 19.7 Å². The van der Waals surface area contributed by atoms with Gasteiger partial charge in [-0.25, -0.2) is 17.6 Å².